The van der Waals surface area contributed by atoms with Crippen LogP contribution in [0.5, 0.6) is 0 Å². The summed E-state index contributed by atoms with van der Waals surface area (Å²) >= 11 is 16.3. The van der Waals surface area contributed by atoms with E-state index < -0.39 is 5.97 Å². The number of nitrogens with zero attached hydrogens (tertiary/aromatic N) is 2. The molecule has 0 aromatic heterocycles. The lowest BCUT2D eigenvalue weighted by molar-refractivity contribution is 0.0697. The molecule has 0 aliphatic carbocycles. The van der Waals surface area contributed by atoms with Gasteiger partial charge in [-0.3, -0.25) is 4.90 Å². The summed E-state index contributed by atoms with van der Waals surface area (Å²) in [6, 6.07) is 23.9. The summed E-state index contributed by atoms with van der Waals surface area (Å²) in [5, 5.41) is 10.2. The number of nitrogens with two attached hydrogens (primary N) is 1. The van der Waals surface area contributed by atoms with Crippen molar-refractivity contribution in [2.75, 3.05) is 31.1 Å². The van der Waals surface area contributed by atoms with Gasteiger partial charge in [0.2, 0.25) is 0 Å². The van der Waals surface area contributed by atoms with Gasteiger partial charge in [0.1, 0.15) is 0 Å². The minimum atomic E-state index is -1.01. The lowest BCUT2D eigenvalue weighted by Crippen LogP contribution is -2.48. The van der Waals surface area contributed by atoms with Crippen LogP contribution >= 0.6 is 35.4 Å². The monoisotopic (exact) mass is 501 g/mol. The number of rotatable bonds is 5. The van der Waals surface area contributed by atoms with Gasteiger partial charge in [0.25, 0.3) is 0 Å². The first kappa shape index (κ1) is 25.0. The fourth-order valence-corrected chi connectivity index (χ4v) is 4.39. The van der Waals surface area contributed by atoms with Gasteiger partial charge in [-0.2, -0.15) is 0 Å². The van der Waals surface area contributed by atoms with Gasteiger partial charge >= 0.3 is 5.97 Å². The number of benzene rings is 3. The normalized spacial score (nSPS) is 14.7. The van der Waals surface area contributed by atoms with Crippen LogP contribution in [0, 0.1) is 0 Å². The molecular formula is C25H25Cl2N3O2S. The predicted molar refractivity (Wildman–Crippen MR) is 140 cm³/mol. The Hall–Kier alpha value is -2.64. The molecule has 1 heterocycles. The summed E-state index contributed by atoms with van der Waals surface area (Å²) in [6.07, 6.45) is 0. The van der Waals surface area contributed by atoms with Crippen LogP contribution in [0.1, 0.15) is 27.5 Å². The van der Waals surface area contributed by atoms with Crippen LogP contribution in [-0.4, -0.2) is 47.6 Å². The Morgan fingerprint density at radius 2 is 1.52 bits per heavy atom. The van der Waals surface area contributed by atoms with Crippen molar-refractivity contribution in [2.24, 2.45) is 5.73 Å². The number of carboxylic acid groups (broad SMARTS) is 1. The number of halogens is 2. The molecule has 0 saturated carbocycles. The highest BCUT2D eigenvalue weighted by atomic mass is 35.5. The number of carboxylic acids is 1. The van der Waals surface area contributed by atoms with Crippen molar-refractivity contribution < 1.29 is 9.90 Å². The molecule has 4 rings (SSSR count). The summed E-state index contributed by atoms with van der Waals surface area (Å²) in [5.74, 6) is -1.01. The third-order valence-electron chi connectivity index (χ3n) is 5.53. The molecule has 0 spiro atoms. The second-order valence-electron chi connectivity index (χ2n) is 7.49. The van der Waals surface area contributed by atoms with Crippen molar-refractivity contribution in [2.45, 2.75) is 6.04 Å². The van der Waals surface area contributed by atoms with Gasteiger partial charge in [0.05, 0.1) is 22.1 Å². The van der Waals surface area contributed by atoms with E-state index in [2.05, 4.69) is 64.1 Å². The number of aromatic carboxylic acids is 1. The minimum absolute atomic E-state index is 0.130. The van der Waals surface area contributed by atoms with Crippen molar-refractivity contribution in [3.8, 4) is 0 Å². The molecule has 1 saturated heterocycles. The van der Waals surface area contributed by atoms with Crippen LogP contribution in [0.3, 0.4) is 0 Å². The highest BCUT2D eigenvalue weighted by molar-refractivity contribution is 7.78. The van der Waals surface area contributed by atoms with Gasteiger partial charge in [0.15, 0.2) is 0 Å². The number of piperazine rings is 1. The fraction of sp³-hybridized carbons (Fsp3) is 0.200. The maximum atomic E-state index is 11.2. The van der Waals surface area contributed by atoms with Crippen LogP contribution < -0.4 is 10.6 Å². The third-order valence-corrected chi connectivity index (χ3v) is 6.09. The van der Waals surface area contributed by atoms with E-state index in [0.717, 1.165) is 42.4 Å². The largest absolute Gasteiger partial charge is 0.478 e. The Kier molecular flexibility index (Phi) is 9.09. The summed E-state index contributed by atoms with van der Waals surface area (Å²) in [5.41, 5.74) is 9.17. The van der Waals surface area contributed by atoms with E-state index in [1.54, 1.807) is 12.1 Å². The molecule has 3 N–H and O–H groups in total. The third kappa shape index (κ3) is 6.45. The van der Waals surface area contributed by atoms with Gasteiger partial charge in [-0.1, -0.05) is 77.9 Å². The smallest absolute Gasteiger partial charge is 0.337 e. The quantitative estimate of drug-likeness (QED) is 0.449. The highest BCUT2D eigenvalue weighted by Gasteiger charge is 2.27. The van der Waals surface area contributed by atoms with Crippen LogP contribution in [0.2, 0.25) is 10.0 Å². The lowest BCUT2D eigenvalue weighted by atomic mass is 9.96. The average Bonchev–Trinajstić information content (AvgIpc) is 2.82. The zero-order valence-corrected chi connectivity index (χ0v) is 20.2. The number of anilines is 1. The standard InChI is InChI=1S/C24H22Cl2N2O2.CH3NS/c25-19-8-6-18(7-9-19)23(17-4-2-1-3-5-17)28-14-12-27(13-15-28)20-10-11-21(24(29)30)22(26)16-20;2-1-3/h1-11,16,23H,12-15H2,(H,29,30);1H,(H2,2,3). The van der Waals surface area contributed by atoms with Crippen molar-refractivity contribution in [1.82, 2.24) is 4.90 Å². The Morgan fingerprint density at radius 1 is 0.939 bits per heavy atom. The molecule has 3 aromatic carbocycles. The van der Waals surface area contributed by atoms with E-state index in [9.17, 15) is 9.90 Å². The average molecular weight is 502 g/mol. The maximum Gasteiger partial charge on any atom is 0.337 e. The second-order valence-corrected chi connectivity index (χ2v) is 8.61. The first-order valence-corrected chi connectivity index (χ1v) is 11.6. The van der Waals surface area contributed by atoms with Gasteiger partial charge < -0.3 is 15.7 Å². The summed E-state index contributed by atoms with van der Waals surface area (Å²) in [6.45, 7) is 3.42. The SMILES string of the molecule is NC=S.O=C(O)c1ccc(N2CCN(C(c3ccccc3)c3ccc(Cl)cc3)CC2)cc1Cl. The second kappa shape index (κ2) is 12.0. The molecule has 1 unspecified atom stereocenters. The number of thiocarbonyl (C=S) groups is 1. The van der Waals surface area contributed by atoms with Crippen molar-refractivity contribution in [1.29, 1.82) is 0 Å². The molecule has 0 bridgehead atoms. The topological polar surface area (TPSA) is 69.8 Å². The number of hydrogen-bond donors (Lipinski definition) is 2. The molecule has 172 valence electrons. The molecule has 33 heavy (non-hydrogen) atoms. The van der Waals surface area contributed by atoms with E-state index in [1.807, 2.05) is 24.3 Å². The molecule has 1 aliphatic heterocycles. The Balaban J connectivity index is 0.000000968. The Bertz CT molecular complexity index is 1070. The molecule has 0 amide bonds. The van der Waals surface area contributed by atoms with Crippen LogP contribution in [0.4, 0.5) is 5.69 Å². The van der Waals surface area contributed by atoms with E-state index in [4.69, 9.17) is 23.2 Å². The van der Waals surface area contributed by atoms with Crippen LogP contribution in [0.25, 0.3) is 0 Å². The predicted octanol–water partition coefficient (Wildman–Crippen LogP) is 5.51. The van der Waals surface area contributed by atoms with Gasteiger partial charge in [-0.15, -0.1) is 0 Å². The van der Waals surface area contributed by atoms with E-state index in [-0.39, 0.29) is 16.6 Å². The lowest BCUT2D eigenvalue weighted by Gasteiger charge is -2.40. The molecule has 1 fully saturated rings. The molecule has 8 heteroatoms. The van der Waals surface area contributed by atoms with E-state index in [1.165, 1.54) is 11.1 Å². The molecular weight excluding hydrogens is 477 g/mol. The maximum absolute atomic E-state index is 11.2. The fourth-order valence-electron chi connectivity index (χ4n) is 4.01. The molecule has 0 radical (unpaired) electrons. The van der Waals surface area contributed by atoms with Crippen molar-refractivity contribution in [3.63, 3.8) is 0 Å². The molecule has 1 atom stereocenters. The van der Waals surface area contributed by atoms with Crippen LogP contribution in [-0.2, 0) is 0 Å². The van der Waals surface area contributed by atoms with Gasteiger partial charge in [0, 0.05) is 36.9 Å². The first-order valence-electron chi connectivity index (χ1n) is 10.4. The number of hydrogen-bond acceptors (Lipinski definition) is 4. The van der Waals surface area contributed by atoms with Gasteiger partial charge in [-0.25, -0.2) is 4.79 Å². The Labute approximate surface area is 209 Å². The first-order chi connectivity index (χ1) is 15.9. The zero-order valence-electron chi connectivity index (χ0n) is 17.9. The van der Waals surface area contributed by atoms with Crippen molar-refractivity contribution >= 4 is 52.6 Å². The van der Waals surface area contributed by atoms with E-state index in [0.29, 0.717) is 0 Å². The zero-order chi connectivity index (χ0) is 23.8. The van der Waals surface area contributed by atoms with Crippen molar-refractivity contribution in [3.05, 3.63) is 99.5 Å². The Morgan fingerprint density at radius 3 is 2.06 bits per heavy atom. The summed E-state index contributed by atoms with van der Waals surface area (Å²) < 4.78 is 0. The highest BCUT2D eigenvalue weighted by Crippen LogP contribution is 2.32. The number of carbonyl (C=O) groups is 1. The summed E-state index contributed by atoms with van der Waals surface area (Å²) in [7, 11) is 0. The molecule has 5 nitrogen and oxygen atoms in total. The molecule has 3 aromatic rings. The van der Waals surface area contributed by atoms with Gasteiger partial charge in [-0.05, 0) is 41.5 Å². The molecule has 1 aliphatic rings. The van der Waals surface area contributed by atoms with E-state index >= 15 is 0 Å². The summed E-state index contributed by atoms with van der Waals surface area (Å²) in [4.78, 5) is 15.9. The van der Waals surface area contributed by atoms with Crippen LogP contribution in [0.15, 0.2) is 72.8 Å². The minimum Gasteiger partial charge on any atom is -0.478 e.